The van der Waals surface area contributed by atoms with Gasteiger partial charge in [-0.2, -0.15) is 18.0 Å². The van der Waals surface area contributed by atoms with Gasteiger partial charge in [-0.05, 0) is 36.4 Å². The summed E-state index contributed by atoms with van der Waals surface area (Å²) in [5, 5.41) is 16.9. The highest BCUT2D eigenvalue weighted by Gasteiger charge is 2.36. The Kier molecular flexibility index (Phi) is 5.85. The first-order chi connectivity index (χ1) is 15.8. The normalized spacial score (nSPS) is 16.4. The second-order valence-electron chi connectivity index (χ2n) is 6.88. The summed E-state index contributed by atoms with van der Waals surface area (Å²) in [5.41, 5.74) is -0.537. The first-order valence-corrected chi connectivity index (χ1v) is 9.72. The van der Waals surface area contributed by atoms with Crippen LogP contribution in [0.2, 0.25) is 0 Å². The molecule has 10 nitrogen and oxygen atoms in total. The number of nitrogens with zero attached hydrogens (tertiary/aromatic N) is 4. The average Bonchev–Trinajstić information content (AvgIpc) is 3.45. The second-order valence-corrected chi connectivity index (χ2v) is 6.88. The van der Waals surface area contributed by atoms with Gasteiger partial charge in [0.2, 0.25) is 5.82 Å². The number of carbonyl (C=O) groups is 2. The van der Waals surface area contributed by atoms with E-state index in [9.17, 15) is 22.8 Å². The molecule has 172 valence electrons. The minimum Gasteiger partial charge on any atom is -0.467 e. The smallest absolute Gasteiger partial charge is 0.416 e. The standard InChI is InChI=1S/C20H17F3N6O4/c1-2-32-18(30)15-13(24-19(31)25-16(15)14-7-4-8-33-14)10-29-27-17(26-28-29)11-5-3-6-12(9-11)20(21,22)23/h3-9,16H,2,10H2,1H3,(H2,24,25,31). The summed E-state index contributed by atoms with van der Waals surface area (Å²) in [6, 6.07) is 6.17. The Hall–Kier alpha value is -4.16. The predicted molar refractivity (Wildman–Crippen MR) is 105 cm³/mol. The summed E-state index contributed by atoms with van der Waals surface area (Å²) in [5.74, 6) is -0.441. The fourth-order valence-corrected chi connectivity index (χ4v) is 3.26. The van der Waals surface area contributed by atoms with Gasteiger partial charge in [0.25, 0.3) is 0 Å². The average molecular weight is 462 g/mol. The molecule has 33 heavy (non-hydrogen) atoms. The van der Waals surface area contributed by atoms with Crippen LogP contribution in [-0.4, -0.2) is 38.8 Å². The zero-order chi connectivity index (χ0) is 23.6. The molecule has 13 heteroatoms. The van der Waals surface area contributed by atoms with E-state index in [1.807, 2.05) is 0 Å². The number of tetrazole rings is 1. The Balaban J connectivity index is 1.68. The van der Waals surface area contributed by atoms with Gasteiger partial charge in [0.05, 0.1) is 29.7 Å². The number of halogens is 3. The van der Waals surface area contributed by atoms with Crippen molar-refractivity contribution in [3.05, 3.63) is 65.3 Å². The zero-order valence-electron chi connectivity index (χ0n) is 17.1. The van der Waals surface area contributed by atoms with Crippen molar-refractivity contribution in [2.75, 3.05) is 6.61 Å². The number of aromatic nitrogens is 4. The maximum atomic E-state index is 13.0. The molecular formula is C20H17F3N6O4. The topological polar surface area (TPSA) is 124 Å². The lowest BCUT2D eigenvalue weighted by atomic mass is 10.00. The first kappa shape index (κ1) is 22.0. The van der Waals surface area contributed by atoms with E-state index in [1.54, 1.807) is 19.1 Å². The number of nitrogens with one attached hydrogen (secondary N) is 2. The largest absolute Gasteiger partial charge is 0.467 e. The summed E-state index contributed by atoms with van der Waals surface area (Å²) in [6.07, 6.45) is -3.13. The van der Waals surface area contributed by atoms with Crippen LogP contribution in [0.15, 0.2) is 58.3 Å². The molecule has 0 radical (unpaired) electrons. The molecule has 2 aromatic heterocycles. The van der Waals surface area contributed by atoms with E-state index in [1.165, 1.54) is 18.4 Å². The van der Waals surface area contributed by atoms with Crippen LogP contribution in [0.1, 0.15) is 24.3 Å². The number of carbonyl (C=O) groups excluding carboxylic acids is 2. The number of hydrogen-bond acceptors (Lipinski definition) is 7. The third-order valence-electron chi connectivity index (χ3n) is 4.68. The van der Waals surface area contributed by atoms with Crippen molar-refractivity contribution >= 4 is 12.0 Å². The number of hydrogen-bond donors (Lipinski definition) is 2. The van der Waals surface area contributed by atoms with Crippen LogP contribution in [-0.2, 0) is 22.3 Å². The van der Waals surface area contributed by atoms with E-state index in [4.69, 9.17) is 9.15 Å². The highest BCUT2D eigenvalue weighted by atomic mass is 19.4. The Morgan fingerprint density at radius 3 is 2.79 bits per heavy atom. The molecule has 3 aromatic rings. The lowest BCUT2D eigenvalue weighted by Crippen LogP contribution is -2.46. The van der Waals surface area contributed by atoms with Gasteiger partial charge >= 0.3 is 18.2 Å². The minimum absolute atomic E-state index is 0.0535. The van der Waals surface area contributed by atoms with Crippen molar-refractivity contribution in [1.29, 1.82) is 0 Å². The molecule has 1 atom stereocenters. The SMILES string of the molecule is CCOC(=O)C1=C(Cn2nnc(-c3cccc(C(F)(F)F)c3)n2)NC(=O)NC1c1ccco1. The van der Waals surface area contributed by atoms with Crippen molar-refractivity contribution in [3.63, 3.8) is 0 Å². The number of alkyl halides is 3. The fourth-order valence-electron chi connectivity index (χ4n) is 3.26. The monoisotopic (exact) mass is 462 g/mol. The lowest BCUT2D eigenvalue weighted by Gasteiger charge is -2.27. The summed E-state index contributed by atoms with van der Waals surface area (Å²) >= 11 is 0. The van der Waals surface area contributed by atoms with Crippen molar-refractivity contribution in [2.24, 2.45) is 0 Å². The number of benzene rings is 1. The molecule has 0 saturated carbocycles. The first-order valence-electron chi connectivity index (χ1n) is 9.72. The minimum atomic E-state index is -4.52. The number of rotatable bonds is 6. The van der Waals surface area contributed by atoms with Crippen molar-refractivity contribution in [3.8, 4) is 11.4 Å². The summed E-state index contributed by atoms with van der Waals surface area (Å²) < 4.78 is 49.5. The molecule has 0 bridgehead atoms. The van der Waals surface area contributed by atoms with Crippen LogP contribution >= 0.6 is 0 Å². The molecule has 0 spiro atoms. The molecule has 1 aliphatic rings. The van der Waals surface area contributed by atoms with Crippen molar-refractivity contribution in [2.45, 2.75) is 25.7 Å². The van der Waals surface area contributed by atoms with E-state index >= 15 is 0 Å². The van der Waals surface area contributed by atoms with Crippen LogP contribution in [0.4, 0.5) is 18.0 Å². The number of furan rings is 1. The molecule has 3 heterocycles. The number of urea groups is 1. The van der Waals surface area contributed by atoms with Gasteiger partial charge in [-0.3, -0.25) is 0 Å². The molecule has 1 aliphatic heterocycles. The quantitative estimate of drug-likeness (QED) is 0.540. The number of esters is 1. The Morgan fingerprint density at radius 1 is 1.27 bits per heavy atom. The molecule has 2 N–H and O–H groups in total. The van der Waals surface area contributed by atoms with E-state index < -0.39 is 29.8 Å². The van der Waals surface area contributed by atoms with Gasteiger partial charge in [0.15, 0.2) is 0 Å². The molecule has 2 amide bonds. The third kappa shape index (κ3) is 4.71. The maximum absolute atomic E-state index is 13.0. The summed E-state index contributed by atoms with van der Waals surface area (Å²) in [4.78, 5) is 26.0. The van der Waals surface area contributed by atoms with E-state index in [0.717, 1.165) is 16.9 Å². The maximum Gasteiger partial charge on any atom is 0.416 e. The highest BCUT2D eigenvalue weighted by molar-refractivity contribution is 5.94. The van der Waals surface area contributed by atoms with Gasteiger partial charge < -0.3 is 19.8 Å². The van der Waals surface area contributed by atoms with Gasteiger partial charge in [0.1, 0.15) is 18.3 Å². The Morgan fingerprint density at radius 2 is 2.09 bits per heavy atom. The third-order valence-corrected chi connectivity index (χ3v) is 4.68. The molecule has 4 rings (SSSR count). The van der Waals surface area contributed by atoms with Crippen molar-refractivity contribution in [1.82, 2.24) is 30.8 Å². The van der Waals surface area contributed by atoms with Gasteiger partial charge in [-0.1, -0.05) is 12.1 Å². The highest BCUT2D eigenvalue weighted by Crippen LogP contribution is 2.31. The molecule has 0 saturated heterocycles. The Bertz CT molecular complexity index is 1200. The van der Waals surface area contributed by atoms with Crippen LogP contribution < -0.4 is 10.6 Å². The molecule has 0 aliphatic carbocycles. The number of allylic oxidation sites excluding steroid dienone is 1. The molecule has 1 unspecified atom stereocenters. The van der Waals surface area contributed by atoms with E-state index in [2.05, 4.69) is 26.0 Å². The van der Waals surface area contributed by atoms with Crippen LogP contribution in [0.3, 0.4) is 0 Å². The van der Waals surface area contributed by atoms with E-state index in [0.29, 0.717) is 5.76 Å². The Labute approximate surface area is 184 Å². The number of ether oxygens (including phenoxy) is 1. The van der Waals surface area contributed by atoms with Gasteiger partial charge in [-0.25, -0.2) is 9.59 Å². The summed E-state index contributed by atoms with van der Waals surface area (Å²) in [6.45, 7) is 1.52. The number of amides is 2. The van der Waals surface area contributed by atoms with Crippen LogP contribution in [0.5, 0.6) is 0 Å². The zero-order valence-corrected chi connectivity index (χ0v) is 17.1. The lowest BCUT2D eigenvalue weighted by molar-refractivity contribution is -0.139. The molecular weight excluding hydrogens is 445 g/mol. The second kappa shape index (κ2) is 8.76. The van der Waals surface area contributed by atoms with Crippen LogP contribution in [0.25, 0.3) is 11.4 Å². The fraction of sp³-hybridized carbons (Fsp3) is 0.250. The molecule has 0 fully saturated rings. The van der Waals surface area contributed by atoms with E-state index in [-0.39, 0.29) is 35.8 Å². The molecule has 1 aromatic carbocycles. The van der Waals surface area contributed by atoms with Crippen molar-refractivity contribution < 1.29 is 31.9 Å². The van der Waals surface area contributed by atoms with Gasteiger partial charge in [-0.15, -0.1) is 10.2 Å². The van der Waals surface area contributed by atoms with Gasteiger partial charge in [0, 0.05) is 5.56 Å². The summed E-state index contributed by atoms with van der Waals surface area (Å²) in [7, 11) is 0. The van der Waals surface area contributed by atoms with Crippen LogP contribution in [0, 0.1) is 0 Å². The predicted octanol–water partition coefficient (Wildman–Crippen LogP) is 2.82.